The molecule has 2 heteroatoms. The average molecular weight is 177 g/mol. The second-order valence-corrected chi connectivity index (χ2v) is 3.64. The average Bonchev–Trinajstić information content (AvgIpc) is 2.17. The Morgan fingerprint density at radius 2 is 2.31 bits per heavy atom. The zero-order valence-corrected chi connectivity index (χ0v) is 7.88. The Bertz CT molecular complexity index is 309. The standard InChI is InChI=1S/C11H15NO/c1-2-10-5-8-3-4-11(13)6-9(8)7-12-10/h3-4,6,10,12-13H,2,5,7H2,1H3/t10-/m0/s1. The number of aromatic hydroxyl groups is 1. The molecule has 2 N–H and O–H groups in total. The molecule has 0 radical (unpaired) electrons. The number of fused-ring (bicyclic) bond motifs is 1. The molecule has 1 aliphatic rings. The van der Waals surface area contributed by atoms with Gasteiger partial charge in [-0.05, 0) is 36.1 Å². The smallest absolute Gasteiger partial charge is 0.115 e. The molecule has 0 saturated heterocycles. The van der Waals surface area contributed by atoms with Crippen LogP contribution in [0.25, 0.3) is 0 Å². The highest BCUT2D eigenvalue weighted by Crippen LogP contribution is 2.22. The third-order valence-corrected chi connectivity index (χ3v) is 2.73. The fourth-order valence-corrected chi connectivity index (χ4v) is 1.86. The van der Waals surface area contributed by atoms with Gasteiger partial charge in [-0.25, -0.2) is 0 Å². The number of rotatable bonds is 1. The zero-order chi connectivity index (χ0) is 9.26. The van der Waals surface area contributed by atoms with E-state index in [1.54, 1.807) is 6.07 Å². The van der Waals surface area contributed by atoms with Crippen LogP contribution in [0.2, 0.25) is 0 Å². The van der Waals surface area contributed by atoms with Crippen molar-refractivity contribution in [1.82, 2.24) is 5.32 Å². The first-order valence-corrected chi connectivity index (χ1v) is 4.83. The molecule has 0 unspecified atom stereocenters. The lowest BCUT2D eigenvalue weighted by molar-refractivity contribution is 0.454. The summed E-state index contributed by atoms with van der Waals surface area (Å²) in [5, 5.41) is 12.7. The van der Waals surface area contributed by atoms with E-state index in [2.05, 4.69) is 12.2 Å². The Kier molecular flexibility index (Phi) is 2.23. The van der Waals surface area contributed by atoms with Crippen LogP contribution in [0, 0.1) is 0 Å². The minimum absolute atomic E-state index is 0.371. The van der Waals surface area contributed by atoms with Crippen molar-refractivity contribution in [3.05, 3.63) is 29.3 Å². The van der Waals surface area contributed by atoms with Crippen LogP contribution in [0.3, 0.4) is 0 Å². The van der Waals surface area contributed by atoms with Crippen molar-refractivity contribution >= 4 is 0 Å². The van der Waals surface area contributed by atoms with E-state index in [0.717, 1.165) is 13.0 Å². The van der Waals surface area contributed by atoms with E-state index in [9.17, 15) is 5.11 Å². The summed E-state index contributed by atoms with van der Waals surface area (Å²) < 4.78 is 0. The first kappa shape index (κ1) is 8.57. The fraction of sp³-hybridized carbons (Fsp3) is 0.455. The lowest BCUT2D eigenvalue weighted by Gasteiger charge is -2.25. The molecule has 2 nitrogen and oxygen atoms in total. The Morgan fingerprint density at radius 1 is 1.46 bits per heavy atom. The van der Waals surface area contributed by atoms with Crippen molar-refractivity contribution in [2.45, 2.75) is 32.4 Å². The maximum absolute atomic E-state index is 9.28. The number of phenols is 1. The quantitative estimate of drug-likeness (QED) is 0.685. The van der Waals surface area contributed by atoms with E-state index in [1.807, 2.05) is 12.1 Å². The predicted octanol–water partition coefficient (Wildman–Crippen LogP) is 1.82. The minimum atomic E-state index is 0.371. The summed E-state index contributed by atoms with van der Waals surface area (Å²) in [6.07, 6.45) is 2.26. The highest BCUT2D eigenvalue weighted by molar-refractivity contribution is 5.36. The minimum Gasteiger partial charge on any atom is -0.508 e. The van der Waals surface area contributed by atoms with E-state index < -0.39 is 0 Å². The third kappa shape index (κ3) is 1.68. The second kappa shape index (κ2) is 3.38. The topological polar surface area (TPSA) is 32.3 Å². The highest BCUT2D eigenvalue weighted by Gasteiger charge is 2.15. The molecule has 13 heavy (non-hydrogen) atoms. The molecule has 2 rings (SSSR count). The van der Waals surface area contributed by atoms with Crippen LogP contribution in [0.4, 0.5) is 0 Å². The van der Waals surface area contributed by atoms with Gasteiger partial charge in [0.05, 0.1) is 0 Å². The van der Waals surface area contributed by atoms with Crippen molar-refractivity contribution in [3.63, 3.8) is 0 Å². The monoisotopic (exact) mass is 177 g/mol. The molecule has 1 aromatic carbocycles. The summed E-state index contributed by atoms with van der Waals surface area (Å²) in [5.74, 6) is 0.371. The Hall–Kier alpha value is -1.02. The van der Waals surface area contributed by atoms with E-state index in [4.69, 9.17) is 0 Å². The van der Waals surface area contributed by atoms with Gasteiger partial charge in [-0.15, -0.1) is 0 Å². The maximum atomic E-state index is 9.28. The van der Waals surface area contributed by atoms with E-state index in [1.165, 1.54) is 17.5 Å². The molecular formula is C11H15NO. The number of nitrogens with one attached hydrogen (secondary N) is 1. The number of hydrogen-bond acceptors (Lipinski definition) is 2. The van der Waals surface area contributed by atoms with Crippen LogP contribution in [0.5, 0.6) is 5.75 Å². The molecule has 1 aromatic rings. The van der Waals surface area contributed by atoms with Gasteiger partial charge in [0, 0.05) is 12.6 Å². The molecule has 1 atom stereocenters. The Balaban J connectivity index is 2.26. The van der Waals surface area contributed by atoms with Gasteiger partial charge < -0.3 is 10.4 Å². The fourth-order valence-electron chi connectivity index (χ4n) is 1.86. The summed E-state index contributed by atoms with van der Waals surface area (Å²) in [5.41, 5.74) is 2.62. The summed E-state index contributed by atoms with van der Waals surface area (Å²) in [6, 6.07) is 6.27. The number of phenolic OH excluding ortho intramolecular Hbond substituents is 1. The van der Waals surface area contributed by atoms with E-state index in [-0.39, 0.29) is 0 Å². The second-order valence-electron chi connectivity index (χ2n) is 3.64. The van der Waals surface area contributed by atoms with Gasteiger partial charge in [0.2, 0.25) is 0 Å². The largest absolute Gasteiger partial charge is 0.508 e. The van der Waals surface area contributed by atoms with Gasteiger partial charge in [-0.1, -0.05) is 13.0 Å². The van der Waals surface area contributed by atoms with E-state index in [0.29, 0.717) is 11.8 Å². The predicted molar refractivity (Wildman–Crippen MR) is 52.7 cm³/mol. The number of hydrogen-bond donors (Lipinski definition) is 2. The van der Waals surface area contributed by atoms with Crippen LogP contribution in [0.1, 0.15) is 24.5 Å². The zero-order valence-electron chi connectivity index (χ0n) is 7.88. The third-order valence-electron chi connectivity index (χ3n) is 2.73. The van der Waals surface area contributed by atoms with Crippen molar-refractivity contribution in [3.8, 4) is 5.75 Å². The molecule has 0 aliphatic carbocycles. The Morgan fingerprint density at radius 3 is 3.08 bits per heavy atom. The molecule has 1 aliphatic heterocycles. The number of benzene rings is 1. The Labute approximate surface area is 78.6 Å². The molecule has 0 aromatic heterocycles. The van der Waals surface area contributed by atoms with Gasteiger partial charge in [-0.3, -0.25) is 0 Å². The SMILES string of the molecule is CC[C@H]1Cc2ccc(O)cc2CN1. The van der Waals surface area contributed by atoms with Crippen LogP contribution in [-0.2, 0) is 13.0 Å². The van der Waals surface area contributed by atoms with Crippen molar-refractivity contribution in [2.75, 3.05) is 0 Å². The van der Waals surface area contributed by atoms with Gasteiger partial charge in [0.1, 0.15) is 5.75 Å². The molecule has 0 saturated carbocycles. The van der Waals surface area contributed by atoms with Crippen molar-refractivity contribution in [1.29, 1.82) is 0 Å². The normalized spacial score (nSPS) is 21.2. The van der Waals surface area contributed by atoms with Gasteiger partial charge >= 0.3 is 0 Å². The highest BCUT2D eigenvalue weighted by atomic mass is 16.3. The summed E-state index contributed by atoms with van der Waals surface area (Å²) in [6.45, 7) is 3.09. The molecule has 0 bridgehead atoms. The van der Waals surface area contributed by atoms with Crippen LogP contribution < -0.4 is 5.32 Å². The molecule has 1 heterocycles. The summed E-state index contributed by atoms with van der Waals surface area (Å²) >= 11 is 0. The van der Waals surface area contributed by atoms with Crippen LogP contribution in [0.15, 0.2) is 18.2 Å². The first-order valence-electron chi connectivity index (χ1n) is 4.83. The lowest BCUT2D eigenvalue weighted by atomic mass is 9.94. The molecule has 0 fully saturated rings. The lowest BCUT2D eigenvalue weighted by Crippen LogP contribution is -2.34. The molecule has 0 spiro atoms. The van der Waals surface area contributed by atoms with Crippen LogP contribution >= 0.6 is 0 Å². The van der Waals surface area contributed by atoms with E-state index >= 15 is 0 Å². The van der Waals surface area contributed by atoms with Crippen LogP contribution in [-0.4, -0.2) is 11.1 Å². The van der Waals surface area contributed by atoms with Gasteiger partial charge in [0.15, 0.2) is 0 Å². The van der Waals surface area contributed by atoms with Gasteiger partial charge in [-0.2, -0.15) is 0 Å². The molecule has 0 amide bonds. The summed E-state index contributed by atoms with van der Waals surface area (Å²) in [4.78, 5) is 0. The molecule has 70 valence electrons. The summed E-state index contributed by atoms with van der Waals surface area (Å²) in [7, 11) is 0. The maximum Gasteiger partial charge on any atom is 0.115 e. The van der Waals surface area contributed by atoms with Crippen molar-refractivity contribution < 1.29 is 5.11 Å². The molecular weight excluding hydrogens is 162 g/mol. The first-order chi connectivity index (χ1) is 6.29. The van der Waals surface area contributed by atoms with Crippen molar-refractivity contribution in [2.24, 2.45) is 0 Å². The van der Waals surface area contributed by atoms with Gasteiger partial charge in [0.25, 0.3) is 0 Å².